The molecule has 0 bridgehead atoms. The summed E-state index contributed by atoms with van der Waals surface area (Å²) in [7, 11) is 0. The van der Waals surface area contributed by atoms with Crippen molar-refractivity contribution >= 4 is 23.8 Å². The van der Waals surface area contributed by atoms with Crippen molar-refractivity contribution in [2.45, 2.75) is 37.8 Å². The zero-order chi connectivity index (χ0) is 16.5. The molecule has 0 spiro atoms. The predicted octanol–water partition coefficient (Wildman–Crippen LogP) is -0.188. The molecule has 1 rings (SSSR count). The van der Waals surface area contributed by atoms with Gasteiger partial charge in [-0.05, 0) is 12.8 Å². The lowest BCUT2D eigenvalue weighted by molar-refractivity contribution is -0.132. The van der Waals surface area contributed by atoms with Gasteiger partial charge in [-0.1, -0.05) is 12.8 Å². The van der Waals surface area contributed by atoms with Crippen LogP contribution in [-0.2, 0) is 19.2 Å². The molecule has 1 aliphatic rings. The predicted molar refractivity (Wildman–Crippen MR) is 75.9 cm³/mol. The lowest BCUT2D eigenvalue weighted by Gasteiger charge is -2.32. The fourth-order valence-corrected chi connectivity index (χ4v) is 2.23. The Morgan fingerprint density at radius 2 is 1.09 bits per heavy atom. The summed E-state index contributed by atoms with van der Waals surface area (Å²) in [5.74, 6) is -3.53. The van der Waals surface area contributed by atoms with Crippen LogP contribution in [-0.4, -0.2) is 46.0 Å². The Kier molecular flexibility index (Phi) is 6.81. The van der Waals surface area contributed by atoms with Crippen molar-refractivity contribution in [2.24, 2.45) is 0 Å². The SMILES string of the molecule is O=C(O)C=CC(=O)NC1CCCCC1NC(=O)C=CC(=O)O. The van der Waals surface area contributed by atoms with Crippen molar-refractivity contribution in [1.82, 2.24) is 10.6 Å². The summed E-state index contributed by atoms with van der Waals surface area (Å²) in [4.78, 5) is 43.9. The van der Waals surface area contributed by atoms with Crippen LogP contribution in [0.2, 0.25) is 0 Å². The topological polar surface area (TPSA) is 133 Å². The van der Waals surface area contributed by atoms with Crippen molar-refractivity contribution in [3.63, 3.8) is 0 Å². The third kappa shape index (κ3) is 6.69. The van der Waals surface area contributed by atoms with Crippen LogP contribution >= 0.6 is 0 Å². The molecule has 1 saturated carbocycles. The lowest BCUT2D eigenvalue weighted by atomic mass is 9.90. The molecule has 0 aromatic carbocycles. The zero-order valence-corrected chi connectivity index (χ0v) is 11.8. The standard InChI is InChI=1S/C14H18N2O6/c17-11(5-7-13(19)20)15-9-3-1-2-4-10(9)16-12(18)6-8-14(21)22/h5-10H,1-4H2,(H,15,17)(H,16,18)(H,19,20)(H,21,22). The van der Waals surface area contributed by atoms with Gasteiger partial charge in [0.1, 0.15) is 0 Å². The van der Waals surface area contributed by atoms with E-state index in [1.54, 1.807) is 0 Å². The van der Waals surface area contributed by atoms with E-state index in [4.69, 9.17) is 10.2 Å². The maximum atomic E-state index is 11.6. The van der Waals surface area contributed by atoms with Crippen molar-refractivity contribution in [2.75, 3.05) is 0 Å². The molecule has 0 heterocycles. The monoisotopic (exact) mass is 310 g/mol. The summed E-state index contributed by atoms with van der Waals surface area (Å²) in [6, 6.07) is -0.635. The highest BCUT2D eigenvalue weighted by Crippen LogP contribution is 2.18. The first-order valence-corrected chi connectivity index (χ1v) is 6.81. The minimum atomic E-state index is -1.22. The summed E-state index contributed by atoms with van der Waals surface area (Å²) >= 11 is 0. The Morgan fingerprint density at radius 3 is 1.41 bits per heavy atom. The van der Waals surface area contributed by atoms with E-state index in [1.165, 1.54) is 0 Å². The van der Waals surface area contributed by atoms with Crippen LogP contribution in [0.25, 0.3) is 0 Å². The second-order valence-electron chi connectivity index (χ2n) is 4.86. The largest absolute Gasteiger partial charge is 0.478 e. The van der Waals surface area contributed by atoms with E-state index in [9.17, 15) is 19.2 Å². The molecule has 2 atom stereocenters. The summed E-state index contributed by atoms with van der Waals surface area (Å²) in [6.07, 6.45) is 6.37. The number of carbonyl (C=O) groups is 4. The summed E-state index contributed by atoms with van der Waals surface area (Å²) in [5.41, 5.74) is 0. The van der Waals surface area contributed by atoms with E-state index in [0.29, 0.717) is 12.8 Å². The fourth-order valence-electron chi connectivity index (χ4n) is 2.23. The molecule has 0 aromatic heterocycles. The molecule has 0 radical (unpaired) electrons. The molecule has 8 nitrogen and oxygen atoms in total. The van der Waals surface area contributed by atoms with Crippen LogP contribution < -0.4 is 10.6 Å². The molecule has 120 valence electrons. The molecule has 0 aromatic rings. The average Bonchev–Trinajstić information content (AvgIpc) is 2.45. The Bertz CT molecular complexity index is 465. The normalized spacial score (nSPS) is 21.6. The number of carboxylic acid groups (broad SMARTS) is 2. The van der Waals surface area contributed by atoms with Crippen molar-refractivity contribution in [3.8, 4) is 0 Å². The minimum absolute atomic E-state index is 0.318. The van der Waals surface area contributed by atoms with E-state index in [-0.39, 0.29) is 12.1 Å². The highest BCUT2D eigenvalue weighted by molar-refractivity contribution is 5.95. The van der Waals surface area contributed by atoms with E-state index in [2.05, 4.69) is 10.6 Å². The van der Waals surface area contributed by atoms with Crippen LogP contribution in [0.1, 0.15) is 25.7 Å². The van der Waals surface area contributed by atoms with Crippen LogP contribution in [0, 0.1) is 0 Å². The Balaban J connectivity index is 2.59. The van der Waals surface area contributed by atoms with Gasteiger partial charge in [0.2, 0.25) is 11.8 Å². The molecule has 1 fully saturated rings. The van der Waals surface area contributed by atoms with Gasteiger partial charge in [-0.15, -0.1) is 0 Å². The van der Waals surface area contributed by atoms with Crippen LogP contribution in [0.4, 0.5) is 0 Å². The number of aliphatic carboxylic acids is 2. The third-order valence-electron chi connectivity index (χ3n) is 3.18. The number of carboxylic acids is 2. The second-order valence-corrected chi connectivity index (χ2v) is 4.86. The van der Waals surface area contributed by atoms with Gasteiger partial charge in [0.05, 0.1) is 0 Å². The van der Waals surface area contributed by atoms with E-state index < -0.39 is 23.8 Å². The Morgan fingerprint density at radius 1 is 0.727 bits per heavy atom. The van der Waals surface area contributed by atoms with Crippen LogP contribution in [0.5, 0.6) is 0 Å². The minimum Gasteiger partial charge on any atom is -0.478 e. The maximum Gasteiger partial charge on any atom is 0.328 e. The van der Waals surface area contributed by atoms with Crippen molar-refractivity contribution < 1.29 is 29.4 Å². The molecule has 1 aliphatic carbocycles. The molecular formula is C14H18N2O6. The van der Waals surface area contributed by atoms with Gasteiger partial charge in [0.25, 0.3) is 0 Å². The lowest BCUT2D eigenvalue weighted by Crippen LogP contribution is -2.52. The summed E-state index contributed by atoms with van der Waals surface area (Å²) < 4.78 is 0. The summed E-state index contributed by atoms with van der Waals surface area (Å²) in [6.45, 7) is 0. The van der Waals surface area contributed by atoms with Gasteiger partial charge < -0.3 is 20.8 Å². The highest BCUT2D eigenvalue weighted by atomic mass is 16.4. The number of hydrogen-bond acceptors (Lipinski definition) is 4. The number of rotatable bonds is 6. The van der Waals surface area contributed by atoms with Gasteiger partial charge in [0.15, 0.2) is 0 Å². The molecule has 2 unspecified atom stereocenters. The molecule has 22 heavy (non-hydrogen) atoms. The Hall–Kier alpha value is -2.64. The first-order chi connectivity index (χ1) is 10.4. The van der Waals surface area contributed by atoms with E-state index in [1.807, 2.05) is 0 Å². The molecule has 4 N–H and O–H groups in total. The molecule has 0 aliphatic heterocycles. The third-order valence-corrected chi connectivity index (χ3v) is 3.18. The first-order valence-electron chi connectivity index (χ1n) is 6.81. The van der Waals surface area contributed by atoms with Gasteiger partial charge >= 0.3 is 11.9 Å². The van der Waals surface area contributed by atoms with Crippen molar-refractivity contribution in [1.29, 1.82) is 0 Å². The molecule has 2 amide bonds. The number of amides is 2. The number of nitrogens with one attached hydrogen (secondary N) is 2. The van der Waals surface area contributed by atoms with Crippen LogP contribution in [0.15, 0.2) is 24.3 Å². The van der Waals surface area contributed by atoms with Gasteiger partial charge in [0, 0.05) is 36.4 Å². The average molecular weight is 310 g/mol. The number of carbonyl (C=O) groups excluding carboxylic acids is 2. The van der Waals surface area contributed by atoms with Crippen molar-refractivity contribution in [3.05, 3.63) is 24.3 Å². The molecular weight excluding hydrogens is 292 g/mol. The second kappa shape index (κ2) is 8.60. The molecule has 0 saturated heterocycles. The Labute approximate surface area is 126 Å². The fraction of sp³-hybridized carbons (Fsp3) is 0.429. The maximum absolute atomic E-state index is 11.6. The van der Waals surface area contributed by atoms with Crippen LogP contribution in [0.3, 0.4) is 0 Å². The summed E-state index contributed by atoms with van der Waals surface area (Å²) in [5, 5.41) is 22.2. The van der Waals surface area contributed by atoms with E-state index >= 15 is 0 Å². The van der Waals surface area contributed by atoms with Gasteiger partial charge in [-0.3, -0.25) is 9.59 Å². The number of hydrogen-bond donors (Lipinski definition) is 4. The first kappa shape index (κ1) is 17.4. The van der Waals surface area contributed by atoms with E-state index in [0.717, 1.165) is 37.1 Å². The van der Waals surface area contributed by atoms with Gasteiger partial charge in [-0.2, -0.15) is 0 Å². The quantitative estimate of drug-likeness (QED) is 0.503. The highest BCUT2D eigenvalue weighted by Gasteiger charge is 2.26. The van der Waals surface area contributed by atoms with Gasteiger partial charge in [-0.25, -0.2) is 9.59 Å². The molecule has 8 heteroatoms. The smallest absolute Gasteiger partial charge is 0.328 e. The zero-order valence-electron chi connectivity index (χ0n) is 11.8.